The minimum atomic E-state index is -0.634. The zero-order valence-corrected chi connectivity index (χ0v) is 10.2. The highest BCUT2D eigenvalue weighted by molar-refractivity contribution is 5.96. The van der Waals surface area contributed by atoms with Gasteiger partial charge in [0.2, 0.25) is 5.91 Å². The van der Waals surface area contributed by atoms with Crippen LogP contribution in [0.15, 0.2) is 24.3 Å². The molecule has 1 aliphatic heterocycles. The molecule has 17 heavy (non-hydrogen) atoms. The van der Waals surface area contributed by atoms with Crippen LogP contribution in [-0.4, -0.2) is 25.2 Å². The van der Waals surface area contributed by atoms with Crippen molar-refractivity contribution in [1.82, 2.24) is 0 Å². The van der Waals surface area contributed by atoms with Crippen molar-refractivity contribution in [3.8, 4) is 0 Å². The van der Waals surface area contributed by atoms with Gasteiger partial charge in [-0.25, -0.2) is 0 Å². The van der Waals surface area contributed by atoms with Crippen LogP contribution < -0.4 is 11.1 Å². The average Bonchev–Trinajstić information content (AvgIpc) is 2.64. The summed E-state index contributed by atoms with van der Waals surface area (Å²) in [7, 11) is 0. The van der Waals surface area contributed by atoms with E-state index in [1.54, 1.807) is 0 Å². The molecular weight excluding hydrogens is 216 g/mol. The van der Waals surface area contributed by atoms with Crippen molar-refractivity contribution in [3.05, 3.63) is 29.8 Å². The van der Waals surface area contributed by atoms with E-state index in [0.29, 0.717) is 13.2 Å². The Kier molecular flexibility index (Phi) is 3.17. The largest absolute Gasteiger partial charge is 0.379 e. The van der Waals surface area contributed by atoms with Crippen molar-refractivity contribution in [2.45, 2.75) is 19.9 Å². The van der Waals surface area contributed by atoms with E-state index in [0.717, 1.165) is 11.3 Å². The van der Waals surface area contributed by atoms with Crippen molar-refractivity contribution < 1.29 is 9.53 Å². The minimum absolute atomic E-state index is 0.0775. The lowest BCUT2D eigenvalue weighted by Gasteiger charge is -2.25. The van der Waals surface area contributed by atoms with Crippen LogP contribution in [-0.2, 0) is 9.53 Å². The first-order chi connectivity index (χ1) is 8.02. The van der Waals surface area contributed by atoms with E-state index in [-0.39, 0.29) is 11.9 Å². The molecule has 0 aromatic heterocycles. The van der Waals surface area contributed by atoms with Gasteiger partial charge in [0.25, 0.3) is 0 Å². The maximum absolute atomic E-state index is 12.2. The number of amides is 1. The highest BCUT2D eigenvalue weighted by atomic mass is 16.5. The molecule has 1 fully saturated rings. The lowest BCUT2D eigenvalue weighted by molar-refractivity contribution is -0.125. The lowest BCUT2D eigenvalue weighted by atomic mass is 9.85. The third-order valence-corrected chi connectivity index (χ3v) is 3.35. The smallest absolute Gasteiger partial charge is 0.234 e. The predicted molar refractivity (Wildman–Crippen MR) is 66.7 cm³/mol. The molecule has 2 unspecified atom stereocenters. The third-order valence-electron chi connectivity index (χ3n) is 3.35. The molecule has 0 bridgehead atoms. The van der Waals surface area contributed by atoms with Crippen molar-refractivity contribution in [2.75, 3.05) is 18.5 Å². The molecule has 1 amide bonds. The van der Waals surface area contributed by atoms with Crippen LogP contribution in [0.5, 0.6) is 0 Å². The fourth-order valence-corrected chi connectivity index (χ4v) is 1.83. The van der Waals surface area contributed by atoms with Gasteiger partial charge in [-0.1, -0.05) is 17.7 Å². The number of aryl methyl sites for hydroxylation is 1. The van der Waals surface area contributed by atoms with Crippen LogP contribution >= 0.6 is 0 Å². The maximum atomic E-state index is 12.2. The Morgan fingerprint density at radius 1 is 1.47 bits per heavy atom. The Balaban J connectivity index is 2.09. The molecule has 0 aliphatic carbocycles. The number of carbonyl (C=O) groups excluding carboxylic acids is 1. The molecule has 1 saturated heterocycles. The summed E-state index contributed by atoms with van der Waals surface area (Å²) >= 11 is 0. The summed E-state index contributed by atoms with van der Waals surface area (Å²) < 4.78 is 5.26. The van der Waals surface area contributed by atoms with Crippen LogP contribution in [0.1, 0.15) is 12.5 Å². The molecule has 1 aliphatic rings. The molecule has 4 heteroatoms. The highest BCUT2D eigenvalue weighted by Gasteiger charge is 2.44. The summed E-state index contributed by atoms with van der Waals surface area (Å²) in [5, 5.41) is 2.88. The fraction of sp³-hybridized carbons (Fsp3) is 0.462. The zero-order chi connectivity index (χ0) is 12.5. The topological polar surface area (TPSA) is 64.3 Å². The summed E-state index contributed by atoms with van der Waals surface area (Å²) in [4.78, 5) is 12.2. The van der Waals surface area contributed by atoms with E-state index in [1.807, 2.05) is 38.1 Å². The van der Waals surface area contributed by atoms with Crippen LogP contribution in [0.25, 0.3) is 0 Å². The Hall–Kier alpha value is -1.39. The number of hydrogen-bond acceptors (Lipinski definition) is 3. The van der Waals surface area contributed by atoms with Crippen molar-refractivity contribution in [1.29, 1.82) is 0 Å². The first-order valence-corrected chi connectivity index (χ1v) is 5.74. The molecule has 1 aromatic rings. The molecule has 0 saturated carbocycles. The van der Waals surface area contributed by atoms with Gasteiger partial charge in [-0.3, -0.25) is 4.79 Å². The van der Waals surface area contributed by atoms with Gasteiger partial charge in [0.1, 0.15) is 0 Å². The van der Waals surface area contributed by atoms with Crippen LogP contribution in [0.3, 0.4) is 0 Å². The number of carbonyl (C=O) groups is 1. The van der Waals surface area contributed by atoms with Crippen LogP contribution in [0.2, 0.25) is 0 Å². The second kappa shape index (κ2) is 4.47. The molecule has 3 N–H and O–H groups in total. The Morgan fingerprint density at radius 2 is 2.12 bits per heavy atom. The second-order valence-corrected chi connectivity index (χ2v) is 4.86. The average molecular weight is 234 g/mol. The number of rotatable bonds is 2. The summed E-state index contributed by atoms with van der Waals surface area (Å²) in [5.74, 6) is -0.0775. The minimum Gasteiger partial charge on any atom is -0.379 e. The molecule has 2 rings (SSSR count). The van der Waals surface area contributed by atoms with Crippen molar-refractivity contribution in [2.24, 2.45) is 11.1 Å². The summed E-state index contributed by atoms with van der Waals surface area (Å²) in [6.45, 7) is 4.67. The standard InChI is InChI=1S/C13H18N2O2/c1-9-3-5-10(6-4-9)15-12(16)13(2)8-17-7-11(13)14/h3-6,11H,7-8,14H2,1-2H3,(H,15,16). The van der Waals surface area contributed by atoms with Crippen molar-refractivity contribution in [3.63, 3.8) is 0 Å². The van der Waals surface area contributed by atoms with Crippen LogP contribution in [0, 0.1) is 12.3 Å². The predicted octanol–water partition coefficient (Wildman–Crippen LogP) is 1.30. The van der Waals surface area contributed by atoms with E-state index in [9.17, 15) is 4.79 Å². The van der Waals surface area contributed by atoms with E-state index in [1.165, 1.54) is 0 Å². The Morgan fingerprint density at radius 3 is 2.65 bits per heavy atom. The summed E-state index contributed by atoms with van der Waals surface area (Å²) in [5.41, 5.74) is 7.23. The Bertz CT molecular complexity index is 416. The number of ether oxygens (including phenoxy) is 1. The van der Waals surface area contributed by atoms with E-state index in [4.69, 9.17) is 10.5 Å². The number of nitrogens with one attached hydrogen (secondary N) is 1. The quantitative estimate of drug-likeness (QED) is 0.810. The SMILES string of the molecule is Cc1ccc(NC(=O)C2(C)COCC2N)cc1. The number of hydrogen-bond donors (Lipinski definition) is 2. The van der Waals surface area contributed by atoms with E-state index in [2.05, 4.69) is 5.32 Å². The second-order valence-electron chi connectivity index (χ2n) is 4.86. The third kappa shape index (κ3) is 2.33. The monoisotopic (exact) mass is 234 g/mol. The van der Waals surface area contributed by atoms with E-state index < -0.39 is 5.41 Å². The Labute approximate surface area is 101 Å². The molecule has 4 nitrogen and oxygen atoms in total. The van der Waals surface area contributed by atoms with Gasteiger partial charge in [-0.05, 0) is 26.0 Å². The molecule has 1 aromatic carbocycles. The van der Waals surface area contributed by atoms with Gasteiger partial charge < -0.3 is 15.8 Å². The number of anilines is 1. The normalized spacial score (nSPS) is 28.1. The molecule has 2 atom stereocenters. The first kappa shape index (κ1) is 12.1. The number of nitrogens with two attached hydrogens (primary N) is 1. The molecule has 1 heterocycles. The van der Waals surface area contributed by atoms with Gasteiger partial charge in [0.05, 0.1) is 18.6 Å². The van der Waals surface area contributed by atoms with Crippen molar-refractivity contribution >= 4 is 11.6 Å². The highest BCUT2D eigenvalue weighted by Crippen LogP contribution is 2.28. The fourth-order valence-electron chi connectivity index (χ4n) is 1.83. The van der Waals surface area contributed by atoms with Gasteiger partial charge in [-0.15, -0.1) is 0 Å². The van der Waals surface area contributed by atoms with Crippen LogP contribution in [0.4, 0.5) is 5.69 Å². The molecule has 0 spiro atoms. The van der Waals surface area contributed by atoms with Gasteiger partial charge in [-0.2, -0.15) is 0 Å². The summed E-state index contributed by atoms with van der Waals surface area (Å²) in [6, 6.07) is 7.45. The zero-order valence-electron chi connectivity index (χ0n) is 10.2. The summed E-state index contributed by atoms with van der Waals surface area (Å²) in [6.07, 6.45) is 0. The van der Waals surface area contributed by atoms with Gasteiger partial charge in [0, 0.05) is 11.7 Å². The first-order valence-electron chi connectivity index (χ1n) is 5.74. The molecular formula is C13H18N2O2. The number of benzene rings is 1. The maximum Gasteiger partial charge on any atom is 0.234 e. The molecule has 92 valence electrons. The lowest BCUT2D eigenvalue weighted by Crippen LogP contribution is -2.47. The van der Waals surface area contributed by atoms with Gasteiger partial charge >= 0.3 is 0 Å². The van der Waals surface area contributed by atoms with E-state index >= 15 is 0 Å². The van der Waals surface area contributed by atoms with Gasteiger partial charge in [0.15, 0.2) is 0 Å². The molecule has 0 radical (unpaired) electrons.